The van der Waals surface area contributed by atoms with E-state index in [0.29, 0.717) is 5.82 Å². The molecule has 0 N–H and O–H groups in total. The predicted molar refractivity (Wildman–Crippen MR) is 108 cm³/mol. The van der Waals surface area contributed by atoms with Crippen LogP contribution in [0.25, 0.3) is 34.6 Å². The summed E-state index contributed by atoms with van der Waals surface area (Å²) in [6, 6.07) is 22.4. The Morgan fingerprint density at radius 1 is 0.808 bits per heavy atom. The molecule has 0 spiro atoms. The zero-order valence-corrected chi connectivity index (χ0v) is 14.6. The molecule has 2 aromatic carbocycles. The van der Waals surface area contributed by atoms with Gasteiger partial charge in [0, 0.05) is 11.6 Å². The number of hydrogen-bond acceptors (Lipinski definition) is 3. The minimum Gasteiger partial charge on any atom is -0.245 e. The quantitative estimate of drug-likeness (QED) is 0.499. The molecule has 0 aliphatic carbocycles. The van der Waals surface area contributed by atoms with Crippen LogP contribution in [0.15, 0.2) is 72.9 Å². The van der Waals surface area contributed by atoms with Crippen molar-refractivity contribution in [1.29, 1.82) is 0 Å². The van der Waals surface area contributed by atoms with Gasteiger partial charge in [0.25, 0.3) is 0 Å². The molecular formula is C23H19N3. The zero-order valence-electron chi connectivity index (χ0n) is 14.6. The fraction of sp³-hybridized carbons (Fsp3) is 0.0870. The minimum absolute atomic E-state index is 0.653. The van der Waals surface area contributed by atoms with Gasteiger partial charge >= 0.3 is 0 Å². The minimum atomic E-state index is 0.653. The summed E-state index contributed by atoms with van der Waals surface area (Å²) in [4.78, 5) is 14.0. The molecule has 0 fully saturated rings. The third-order valence-corrected chi connectivity index (χ3v) is 4.34. The highest BCUT2D eigenvalue weighted by Crippen LogP contribution is 2.20. The summed E-state index contributed by atoms with van der Waals surface area (Å²) in [5.74, 6) is 0.653. The van der Waals surface area contributed by atoms with Gasteiger partial charge in [-0.05, 0) is 35.8 Å². The maximum atomic E-state index is 4.82. The molecule has 0 radical (unpaired) electrons. The highest BCUT2D eigenvalue weighted by atomic mass is 14.9. The summed E-state index contributed by atoms with van der Waals surface area (Å²) in [5.41, 5.74) is 5.05. The lowest BCUT2D eigenvalue weighted by Gasteiger charge is -2.07. The van der Waals surface area contributed by atoms with E-state index < -0.39 is 0 Å². The van der Waals surface area contributed by atoms with Gasteiger partial charge in [0.15, 0.2) is 5.82 Å². The van der Waals surface area contributed by atoms with E-state index in [9.17, 15) is 0 Å². The number of fused-ring (bicyclic) bond motifs is 1. The third kappa shape index (κ3) is 3.38. The first kappa shape index (κ1) is 16.2. The molecule has 3 heteroatoms. The summed E-state index contributed by atoms with van der Waals surface area (Å²) >= 11 is 0. The highest BCUT2D eigenvalue weighted by molar-refractivity contribution is 5.79. The summed E-state index contributed by atoms with van der Waals surface area (Å²) < 4.78 is 0. The van der Waals surface area contributed by atoms with Crippen LogP contribution in [-0.2, 0) is 6.42 Å². The number of para-hydroxylation sites is 1. The molecular weight excluding hydrogens is 318 g/mol. The Hall–Kier alpha value is -3.33. The number of benzene rings is 2. The molecule has 4 aromatic rings. The van der Waals surface area contributed by atoms with Gasteiger partial charge in [-0.1, -0.05) is 67.6 Å². The van der Waals surface area contributed by atoms with Crippen LogP contribution in [0.4, 0.5) is 0 Å². The number of nitrogens with zero attached hydrogens (tertiary/aromatic N) is 3. The first-order valence-electron chi connectivity index (χ1n) is 8.78. The summed E-state index contributed by atoms with van der Waals surface area (Å²) in [5, 5.41) is 1.03. The van der Waals surface area contributed by atoms with E-state index >= 15 is 0 Å². The smallest absolute Gasteiger partial charge is 0.178 e. The largest absolute Gasteiger partial charge is 0.245 e. The van der Waals surface area contributed by atoms with E-state index in [2.05, 4.69) is 47.2 Å². The first-order valence-corrected chi connectivity index (χ1v) is 8.78. The van der Waals surface area contributed by atoms with Crippen molar-refractivity contribution in [1.82, 2.24) is 15.0 Å². The molecule has 0 saturated carbocycles. The van der Waals surface area contributed by atoms with Crippen molar-refractivity contribution in [2.45, 2.75) is 13.3 Å². The Balaban J connectivity index is 1.74. The number of aromatic nitrogens is 3. The standard InChI is InChI=1S/C23H19N3/c1-2-18-13-15-22(23-24-16-19-10-6-7-11-20(19)26-23)25-21(18)14-12-17-8-4-3-5-9-17/h3-16H,2H2,1H3/b14-12-. The van der Waals surface area contributed by atoms with Crippen LogP contribution in [0.3, 0.4) is 0 Å². The Bertz CT molecular complexity index is 1070. The van der Waals surface area contributed by atoms with Crippen molar-refractivity contribution in [3.63, 3.8) is 0 Å². The predicted octanol–water partition coefficient (Wildman–Crippen LogP) is 5.42. The zero-order chi connectivity index (χ0) is 17.8. The second-order valence-corrected chi connectivity index (χ2v) is 6.09. The van der Waals surface area contributed by atoms with Crippen LogP contribution in [0.2, 0.25) is 0 Å². The van der Waals surface area contributed by atoms with Gasteiger partial charge in [0.05, 0.1) is 11.2 Å². The average molecular weight is 337 g/mol. The van der Waals surface area contributed by atoms with Crippen LogP contribution in [0, 0.1) is 0 Å². The van der Waals surface area contributed by atoms with Crippen molar-refractivity contribution in [3.05, 3.63) is 89.7 Å². The van der Waals surface area contributed by atoms with E-state index in [1.165, 1.54) is 5.56 Å². The molecule has 0 saturated heterocycles. The van der Waals surface area contributed by atoms with Gasteiger partial charge in [-0.3, -0.25) is 0 Å². The molecule has 26 heavy (non-hydrogen) atoms. The maximum absolute atomic E-state index is 4.82. The molecule has 4 rings (SSSR count). The van der Waals surface area contributed by atoms with Gasteiger partial charge in [0.2, 0.25) is 0 Å². The lowest BCUT2D eigenvalue weighted by molar-refractivity contribution is 1.08. The van der Waals surface area contributed by atoms with E-state index in [-0.39, 0.29) is 0 Å². The summed E-state index contributed by atoms with van der Waals surface area (Å²) in [7, 11) is 0. The van der Waals surface area contributed by atoms with Crippen molar-refractivity contribution in [2.24, 2.45) is 0 Å². The fourth-order valence-electron chi connectivity index (χ4n) is 2.91. The van der Waals surface area contributed by atoms with Gasteiger partial charge in [-0.15, -0.1) is 0 Å². The van der Waals surface area contributed by atoms with Gasteiger partial charge in [-0.25, -0.2) is 15.0 Å². The molecule has 0 aliphatic rings. The van der Waals surface area contributed by atoms with Crippen molar-refractivity contribution < 1.29 is 0 Å². The second-order valence-electron chi connectivity index (χ2n) is 6.09. The lowest BCUT2D eigenvalue weighted by atomic mass is 10.1. The lowest BCUT2D eigenvalue weighted by Crippen LogP contribution is -1.97. The topological polar surface area (TPSA) is 38.7 Å². The first-order chi connectivity index (χ1) is 12.8. The Kier molecular flexibility index (Phi) is 4.52. The molecule has 0 unspecified atom stereocenters. The number of rotatable bonds is 4. The second kappa shape index (κ2) is 7.28. The van der Waals surface area contributed by atoms with E-state index in [1.807, 2.05) is 54.7 Å². The number of aryl methyl sites for hydroxylation is 1. The van der Waals surface area contributed by atoms with Crippen molar-refractivity contribution in [3.8, 4) is 11.5 Å². The summed E-state index contributed by atoms with van der Waals surface area (Å²) in [6.45, 7) is 2.14. The SMILES string of the molecule is CCc1ccc(-c2ncc3ccccc3n2)nc1/C=C\c1ccccc1. The molecule has 126 valence electrons. The van der Waals surface area contributed by atoms with Crippen molar-refractivity contribution >= 4 is 23.1 Å². The molecule has 3 nitrogen and oxygen atoms in total. The normalized spacial score (nSPS) is 11.3. The molecule has 2 heterocycles. The van der Waals surface area contributed by atoms with E-state index in [0.717, 1.165) is 34.3 Å². The van der Waals surface area contributed by atoms with Crippen molar-refractivity contribution in [2.75, 3.05) is 0 Å². The van der Waals surface area contributed by atoms with Crippen LogP contribution in [-0.4, -0.2) is 15.0 Å². The summed E-state index contributed by atoms with van der Waals surface area (Å²) in [6.07, 6.45) is 6.94. The molecule has 0 bridgehead atoms. The van der Waals surface area contributed by atoms with Gasteiger partial charge in [-0.2, -0.15) is 0 Å². The van der Waals surface area contributed by atoms with Crippen LogP contribution >= 0.6 is 0 Å². The molecule has 0 aliphatic heterocycles. The monoisotopic (exact) mass is 337 g/mol. The van der Waals surface area contributed by atoms with Gasteiger partial charge < -0.3 is 0 Å². The molecule has 2 aromatic heterocycles. The fourth-order valence-corrected chi connectivity index (χ4v) is 2.91. The van der Waals surface area contributed by atoms with Crippen LogP contribution < -0.4 is 0 Å². The van der Waals surface area contributed by atoms with Gasteiger partial charge in [0.1, 0.15) is 5.69 Å². The third-order valence-electron chi connectivity index (χ3n) is 4.34. The van der Waals surface area contributed by atoms with E-state index in [1.54, 1.807) is 0 Å². The Labute approximate surface area is 153 Å². The Morgan fingerprint density at radius 3 is 2.46 bits per heavy atom. The Morgan fingerprint density at radius 2 is 1.62 bits per heavy atom. The number of pyridine rings is 1. The molecule has 0 atom stereocenters. The average Bonchev–Trinajstić information content (AvgIpc) is 2.72. The van der Waals surface area contributed by atoms with Crippen LogP contribution in [0.1, 0.15) is 23.7 Å². The molecule has 0 amide bonds. The van der Waals surface area contributed by atoms with E-state index in [4.69, 9.17) is 4.98 Å². The van der Waals surface area contributed by atoms with Crippen LogP contribution in [0.5, 0.6) is 0 Å². The number of hydrogen-bond donors (Lipinski definition) is 0. The highest BCUT2D eigenvalue weighted by Gasteiger charge is 2.08. The maximum Gasteiger partial charge on any atom is 0.178 e.